The fourth-order valence-corrected chi connectivity index (χ4v) is 2.37. The first-order chi connectivity index (χ1) is 11.0. The van der Waals surface area contributed by atoms with Gasteiger partial charge in [0, 0.05) is 6.42 Å². The van der Waals surface area contributed by atoms with Crippen molar-refractivity contribution >= 4 is 17.8 Å². The van der Waals surface area contributed by atoms with E-state index in [0.717, 1.165) is 19.3 Å². The molecule has 1 amide bonds. The number of amides is 1. The van der Waals surface area contributed by atoms with E-state index in [4.69, 9.17) is 5.11 Å². The monoisotopic (exact) mass is 329 g/mol. The topological polar surface area (TPSA) is 92.7 Å². The molecule has 0 aromatic carbocycles. The third-order valence-electron chi connectivity index (χ3n) is 3.71. The molecule has 0 rings (SSSR count). The van der Waals surface area contributed by atoms with E-state index in [2.05, 4.69) is 17.0 Å². The molecule has 6 nitrogen and oxygen atoms in total. The van der Waals surface area contributed by atoms with Gasteiger partial charge in [-0.3, -0.25) is 9.59 Å². The Balaban J connectivity index is 3.75. The molecule has 0 unspecified atom stereocenters. The number of methoxy groups -OCH3 is 1. The highest BCUT2D eigenvalue weighted by Gasteiger charge is 2.24. The molecule has 0 aromatic heterocycles. The molecular formula is C17H31NO5. The number of carbonyl (C=O) groups excluding carboxylic acids is 2. The maximum absolute atomic E-state index is 11.8. The van der Waals surface area contributed by atoms with E-state index >= 15 is 0 Å². The summed E-state index contributed by atoms with van der Waals surface area (Å²) >= 11 is 0. The Kier molecular flexibility index (Phi) is 13.1. The van der Waals surface area contributed by atoms with Gasteiger partial charge in [0.1, 0.15) is 6.04 Å². The maximum atomic E-state index is 11.8. The fraction of sp³-hybridized carbons (Fsp3) is 0.824. The van der Waals surface area contributed by atoms with Gasteiger partial charge in [0.25, 0.3) is 0 Å². The van der Waals surface area contributed by atoms with E-state index in [-0.39, 0.29) is 5.91 Å². The molecule has 6 heteroatoms. The molecule has 0 saturated heterocycles. The van der Waals surface area contributed by atoms with Crippen LogP contribution < -0.4 is 5.32 Å². The van der Waals surface area contributed by atoms with Gasteiger partial charge in [-0.05, 0) is 6.42 Å². The van der Waals surface area contributed by atoms with Crippen LogP contribution in [-0.4, -0.2) is 36.1 Å². The summed E-state index contributed by atoms with van der Waals surface area (Å²) in [7, 11) is 1.17. The van der Waals surface area contributed by atoms with Crippen LogP contribution in [0.25, 0.3) is 0 Å². The molecule has 23 heavy (non-hydrogen) atoms. The zero-order valence-electron chi connectivity index (χ0n) is 14.4. The Hall–Kier alpha value is -1.59. The van der Waals surface area contributed by atoms with Crippen molar-refractivity contribution in [2.75, 3.05) is 7.11 Å². The quantitative estimate of drug-likeness (QED) is 0.377. The van der Waals surface area contributed by atoms with Crippen LogP contribution in [0, 0.1) is 0 Å². The summed E-state index contributed by atoms with van der Waals surface area (Å²) in [5.74, 6) is -2.18. The van der Waals surface area contributed by atoms with Gasteiger partial charge in [-0.25, -0.2) is 4.79 Å². The van der Waals surface area contributed by atoms with Crippen molar-refractivity contribution in [2.24, 2.45) is 0 Å². The minimum Gasteiger partial charge on any atom is -0.481 e. The van der Waals surface area contributed by atoms with Gasteiger partial charge in [-0.2, -0.15) is 0 Å². The summed E-state index contributed by atoms with van der Waals surface area (Å²) in [5.41, 5.74) is 0. The van der Waals surface area contributed by atoms with Crippen molar-refractivity contribution < 1.29 is 24.2 Å². The lowest BCUT2D eigenvalue weighted by Gasteiger charge is -2.14. The average Bonchev–Trinajstić information content (AvgIpc) is 2.51. The molecule has 0 aromatic rings. The number of carboxylic acid groups (broad SMARTS) is 1. The number of hydrogen-bond donors (Lipinski definition) is 2. The van der Waals surface area contributed by atoms with Crippen molar-refractivity contribution in [3.8, 4) is 0 Å². The number of carbonyl (C=O) groups is 3. The van der Waals surface area contributed by atoms with Crippen LogP contribution in [0.1, 0.15) is 77.6 Å². The van der Waals surface area contributed by atoms with Gasteiger partial charge in [-0.15, -0.1) is 0 Å². The lowest BCUT2D eigenvalue weighted by molar-refractivity contribution is -0.149. The van der Waals surface area contributed by atoms with E-state index in [1.54, 1.807) is 0 Å². The first-order valence-corrected chi connectivity index (χ1v) is 8.60. The molecule has 1 atom stereocenters. The highest BCUT2D eigenvalue weighted by Crippen LogP contribution is 2.10. The molecule has 0 spiro atoms. The summed E-state index contributed by atoms with van der Waals surface area (Å²) < 4.78 is 4.49. The number of aliphatic carboxylic acids is 1. The van der Waals surface area contributed by atoms with Gasteiger partial charge in [0.15, 0.2) is 0 Å². The van der Waals surface area contributed by atoms with E-state index in [9.17, 15) is 14.4 Å². The Morgan fingerprint density at radius 1 is 0.957 bits per heavy atom. The van der Waals surface area contributed by atoms with E-state index in [1.807, 2.05) is 0 Å². The molecule has 0 fully saturated rings. The number of esters is 1. The van der Waals surface area contributed by atoms with Gasteiger partial charge < -0.3 is 15.2 Å². The van der Waals surface area contributed by atoms with Crippen molar-refractivity contribution in [1.29, 1.82) is 0 Å². The van der Waals surface area contributed by atoms with E-state index in [1.165, 1.54) is 45.6 Å². The van der Waals surface area contributed by atoms with Crippen molar-refractivity contribution in [3.05, 3.63) is 0 Å². The highest BCUT2D eigenvalue weighted by atomic mass is 16.5. The van der Waals surface area contributed by atoms with Crippen LogP contribution in [0.2, 0.25) is 0 Å². The van der Waals surface area contributed by atoms with Crippen LogP contribution in [0.15, 0.2) is 0 Å². The zero-order valence-corrected chi connectivity index (χ0v) is 14.4. The van der Waals surface area contributed by atoms with Gasteiger partial charge >= 0.3 is 11.9 Å². The number of carboxylic acids is 1. The normalized spacial score (nSPS) is 11.7. The first kappa shape index (κ1) is 21.4. The third kappa shape index (κ3) is 12.6. The second-order valence-corrected chi connectivity index (χ2v) is 5.82. The average molecular weight is 329 g/mol. The molecular weight excluding hydrogens is 298 g/mol. The molecule has 0 aliphatic rings. The fourth-order valence-electron chi connectivity index (χ4n) is 2.37. The van der Waals surface area contributed by atoms with Gasteiger partial charge in [0.05, 0.1) is 13.5 Å². The lowest BCUT2D eigenvalue weighted by atomic mass is 10.1. The van der Waals surface area contributed by atoms with Crippen LogP contribution in [0.4, 0.5) is 0 Å². The van der Waals surface area contributed by atoms with Crippen LogP contribution >= 0.6 is 0 Å². The van der Waals surface area contributed by atoms with Crippen molar-refractivity contribution in [1.82, 2.24) is 5.32 Å². The number of ether oxygens (including phenoxy) is 1. The van der Waals surface area contributed by atoms with Crippen LogP contribution in [-0.2, 0) is 19.1 Å². The first-order valence-electron chi connectivity index (χ1n) is 8.60. The smallest absolute Gasteiger partial charge is 0.328 e. The Morgan fingerprint density at radius 2 is 1.48 bits per heavy atom. The predicted molar refractivity (Wildman–Crippen MR) is 88.0 cm³/mol. The number of rotatable bonds is 14. The summed E-state index contributed by atoms with van der Waals surface area (Å²) in [6, 6.07) is -1.11. The van der Waals surface area contributed by atoms with Gasteiger partial charge in [-0.1, -0.05) is 58.3 Å². The van der Waals surface area contributed by atoms with Crippen molar-refractivity contribution in [2.45, 2.75) is 83.6 Å². The second kappa shape index (κ2) is 14.0. The lowest BCUT2D eigenvalue weighted by Crippen LogP contribution is -2.42. The van der Waals surface area contributed by atoms with Crippen LogP contribution in [0.5, 0.6) is 0 Å². The summed E-state index contributed by atoms with van der Waals surface area (Å²) in [4.78, 5) is 33.8. The molecule has 0 aliphatic heterocycles. The molecule has 0 heterocycles. The molecule has 0 bridgehead atoms. The minimum absolute atomic E-state index is 0.301. The van der Waals surface area contributed by atoms with E-state index in [0.29, 0.717) is 6.42 Å². The maximum Gasteiger partial charge on any atom is 0.328 e. The molecule has 0 radical (unpaired) electrons. The SMILES string of the molecule is CCCCCCCCCCCC(=O)N[C@@H](CC(=O)O)C(=O)OC. The standard InChI is InChI=1S/C17H31NO5/c1-3-4-5-6-7-8-9-10-11-12-15(19)18-14(13-16(20)21)17(22)23-2/h14H,3-13H2,1-2H3,(H,18,19)(H,20,21)/t14-/m0/s1. The highest BCUT2D eigenvalue weighted by molar-refractivity contribution is 5.87. The van der Waals surface area contributed by atoms with E-state index < -0.39 is 24.4 Å². The Bertz CT molecular complexity index is 357. The second-order valence-electron chi connectivity index (χ2n) is 5.82. The third-order valence-corrected chi connectivity index (χ3v) is 3.71. The molecule has 134 valence electrons. The van der Waals surface area contributed by atoms with Crippen LogP contribution in [0.3, 0.4) is 0 Å². The molecule has 0 saturated carbocycles. The predicted octanol–water partition coefficient (Wildman–Crippen LogP) is 3.04. The van der Waals surface area contributed by atoms with Gasteiger partial charge in [0.2, 0.25) is 5.91 Å². The summed E-state index contributed by atoms with van der Waals surface area (Å²) in [5, 5.41) is 11.2. The number of unbranched alkanes of at least 4 members (excludes halogenated alkanes) is 8. The molecule has 0 aliphatic carbocycles. The summed E-state index contributed by atoms with van der Waals surface area (Å²) in [6.07, 6.45) is 10.3. The minimum atomic E-state index is -1.15. The number of hydrogen-bond acceptors (Lipinski definition) is 4. The zero-order chi connectivity index (χ0) is 17.5. The molecule has 2 N–H and O–H groups in total. The van der Waals surface area contributed by atoms with Crippen molar-refractivity contribution in [3.63, 3.8) is 0 Å². The number of nitrogens with one attached hydrogen (secondary N) is 1. The summed E-state index contributed by atoms with van der Waals surface area (Å²) in [6.45, 7) is 2.20. The Labute approximate surface area is 139 Å². The largest absolute Gasteiger partial charge is 0.481 e. The Morgan fingerprint density at radius 3 is 1.96 bits per heavy atom.